The number of benzene rings is 2. The van der Waals surface area contributed by atoms with Gasteiger partial charge < -0.3 is 25.2 Å². The van der Waals surface area contributed by atoms with Crippen molar-refractivity contribution >= 4 is 27.5 Å². The normalized spacial score (nSPS) is 16.7. The Bertz CT molecular complexity index is 1650. The number of halogens is 3. The zero-order valence-electron chi connectivity index (χ0n) is 27.6. The smallest absolute Gasteiger partial charge is 0.416 e. The average Bonchev–Trinajstić information content (AvgIpc) is 3.37. The van der Waals surface area contributed by atoms with E-state index in [9.17, 15) is 31.2 Å². The van der Waals surface area contributed by atoms with Crippen LogP contribution >= 0.6 is 0 Å². The van der Waals surface area contributed by atoms with E-state index in [1.807, 2.05) is 6.92 Å². The Balaban J connectivity index is 1.36. The molecule has 2 aliphatic rings. The summed E-state index contributed by atoms with van der Waals surface area (Å²) in [5.74, 6) is -0.768. The number of sulfonamides is 1. The second-order valence-corrected chi connectivity index (χ2v) is 14.1. The van der Waals surface area contributed by atoms with Gasteiger partial charge in [-0.15, -0.1) is 0 Å². The van der Waals surface area contributed by atoms with Crippen LogP contribution < -0.4 is 15.4 Å². The summed E-state index contributed by atoms with van der Waals surface area (Å²) in [6.45, 7) is 5.42. The molecule has 1 amide bonds. The molecule has 0 aliphatic carbocycles. The number of carbonyl (C=O) groups excluding carboxylic acids is 2. The number of amides is 1. The van der Waals surface area contributed by atoms with E-state index >= 15 is 0 Å². The number of aliphatic hydroxyl groups is 1. The molecule has 1 saturated heterocycles. The third kappa shape index (κ3) is 10.4. The number of alkyl halides is 3. The molecule has 0 bridgehead atoms. The molecule has 15 heteroatoms. The summed E-state index contributed by atoms with van der Waals surface area (Å²) in [5, 5.41) is 14.3. The molecule has 0 unspecified atom stereocenters. The average molecular weight is 709 g/mol. The first-order valence-corrected chi connectivity index (χ1v) is 17.7. The second kappa shape index (κ2) is 16.9. The lowest BCUT2D eigenvalue weighted by Crippen LogP contribution is -2.50. The minimum absolute atomic E-state index is 0.0211. The van der Waals surface area contributed by atoms with E-state index in [-0.39, 0.29) is 74.3 Å². The summed E-state index contributed by atoms with van der Waals surface area (Å²) in [5.41, 5.74) is -0.0146. The minimum Gasteiger partial charge on any atom is -0.493 e. The molecule has 268 valence electrons. The maximum atomic E-state index is 13.8. The van der Waals surface area contributed by atoms with Crippen molar-refractivity contribution in [3.8, 4) is 5.75 Å². The van der Waals surface area contributed by atoms with Gasteiger partial charge in [-0.1, -0.05) is 24.3 Å². The van der Waals surface area contributed by atoms with Gasteiger partial charge in [0.15, 0.2) is 5.78 Å². The lowest BCUT2D eigenvalue weighted by Gasteiger charge is -2.34. The van der Waals surface area contributed by atoms with Crippen LogP contribution in [-0.2, 0) is 32.2 Å². The van der Waals surface area contributed by atoms with Gasteiger partial charge in [-0.2, -0.15) is 13.2 Å². The van der Waals surface area contributed by atoms with Gasteiger partial charge in [0, 0.05) is 37.3 Å². The fourth-order valence-corrected chi connectivity index (χ4v) is 7.08. The van der Waals surface area contributed by atoms with Crippen LogP contribution in [0.1, 0.15) is 58.8 Å². The van der Waals surface area contributed by atoms with Crippen LogP contribution in [0.15, 0.2) is 53.5 Å². The Hall–Kier alpha value is -3.63. The summed E-state index contributed by atoms with van der Waals surface area (Å²) in [4.78, 5) is 29.3. The number of hydrogen-bond acceptors (Lipinski definition) is 9. The molecule has 3 N–H and O–H groups in total. The number of nitrogens with one attached hydrogen (secondary N) is 2. The lowest BCUT2D eigenvalue weighted by molar-refractivity contribution is -0.137. The number of nitrogens with zero attached hydrogens (tertiary/aromatic N) is 2. The van der Waals surface area contributed by atoms with Gasteiger partial charge in [-0.3, -0.25) is 14.6 Å². The van der Waals surface area contributed by atoms with Crippen molar-refractivity contribution in [3.05, 3.63) is 76.4 Å². The predicted molar refractivity (Wildman–Crippen MR) is 178 cm³/mol. The number of aliphatic imine (C=N–C) groups is 1. The van der Waals surface area contributed by atoms with E-state index < -0.39 is 33.2 Å². The van der Waals surface area contributed by atoms with Gasteiger partial charge in [0.05, 0.1) is 37.7 Å². The summed E-state index contributed by atoms with van der Waals surface area (Å²) < 4.78 is 80.2. The number of aliphatic hydroxyl groups excluding tert-OH is 1. The van der Waals surface area contributed by atoms with E-state index in [2.05, 4.69) is 15.6 Å². The van der Waals surface area contributed by atoms with Gasteiger partial charge in [-0.05, 0) is 74.9 Å². The van der Waals surface area contributed by atoms with Crippen LogP contribution in [0.3, 0.4) is 0 Å². The topological polar surface area (TPSA) is 147 Å². The molecule has 4 rings (SSSR count). The lowest BCUT2D eigenvalue weighted by atomic mass is 9.89. The molecule has 0 aromatic heterocycles. The largest absolute Gasteiger partial charge is 0.493 e. The molecule has 1 fully saturated rings. The fraction of sp³-hybridized carbons (Fsp3) is 0.500. The van der Waals surface area contributed by atoms with Crippen molar-refractivity contribution in [2.45, 2.75) is 51.2 Å². The molecule has 0 atom stereocenters. The Morgan fingerprint density at radius 2 is 1.88 bits per heavy atom. The van der Waals surface area contributed by atoms with Crippen LogP contribution in [0, 0.1) is 6.92 Å². The van der Waals surface area contributed by atoms with Crippen molar-refractivity contribution in [2.75, 3.05) is 58.4 Å². The van der Waals surface area contributed by atoms with Gasteiger partial charge in [-0.25, -0.2) is 12.7 Å². The number of piperidine rings is 1. The van der Waals surface area contributed by atoms with Crippen molar-refractivity contribution in [1.29, 1.82) is 0 Å². The number of Topliss-reactive ketones (excluding diaryl/α,β-unsaturated/α-hetero) is 1. The third-order valence-electron chi connectivity index (χ3n) is 8.45. The Kier molecular flexibility index (Phi) is 13.1. The summed E-state index contributed by atoms with van der Waals surface area (Å²) in [6.07, 6.45) is -0.276. The van der Waals surface area contributed by atoms with E-state index in [0.29, 0.717) is 38.3 Å². The van der Waals surface area contributed by atoms with E-state index in [4.69, 9.17) is 14.6 Å². The number of amidine groups is 1. The quantitative estimate of drug-likeness (QED) is 0.129. The highest BCUT2D eigenvalue weighted by molar-refractivity contribution is 7.89. The molecule has 2 aromatic rings. The number of hydrogen-bond donors (Lipinski definition) is 3. The molecule has 0 saturated carbocycles. The Morgan fingerprint density at radius 3 is 2.55 bits per heavy atom. The molecular formula is C34H43F3N4O7S. The molecule has 0 radical (unpaired) electrons. The van der Waals surface area contributed by atoms with Crippen molar-refractivity contribution in [2.24, 2.45) is 4.99 Å². The molecule has 11 nitrogen and oxygen atoms in total. The number of ketones is 1. The van der Waals surface area contributed by atoms with Crippen molar-refractivity contribution in [3.63, 3.8) is 0 Å². The maximum Gasteiger partial charge on any atom is 0.416 e. The zero-order chi connectivity index (χ0) is 35.7. The third-order valence-corrected chi connectivity index (χ3v) is 10.3. The second-order valence-electron chi connectivity index (χ2n) is 12.0. The summed E-state index contributed by atoms with van der Waals surface area (Å²) in [6, 6.07) is 8.36. The van der Waals surface area contributed by atoms with Crippen LogP contribution in [0.25, 0.3) is 0 Å². The van der Waals surface area contributed by atoms with Gasteiger partial charge in [0.25, 0.3) is 5.91 Å². The SMILES string of the molecule is CC(=O)c1ccc(CCS(=O)(=O)N2CCC3(CC2)N=C(c2cc(OCC/C=C/COCCNCCO)cc(C(F)(F)F)c2)NC3=O)c(C)c1. The minimum atomic E-state index is -4.67. The first-order valence-electron chi connectivity index (χ1n) is 16.1. The monoisotopic (exact) mass is 708 g/mol. The highest BCUT2D eigenvalue weighted by Gasteiger charge is 2.47. The van der Waals surface area contributed by atoms with Crippen molar-refractivity contribution in [1.82, 2.24) is 14.9 Å². The van der Waals surface area contributed by atoms with E-state index in [1.54, 1.807) is 30.4 Å². The summed E-state index contributed by atoms with van der Waals surface area (Å²) in [7, 11) is -3.68. The number of rotatable bonds is 17. The first kappa shape index (κ1) is 38.2. The van der Waals surface area contributed by atoms with Crippen LogP contribution in [0.4, 0.5) is 13.2 Å². The highest BCUT2D eigenvalue weighted by atomic mass is 32.2. The molecule has 2 aromatic carbocycles. The van der Waals surface area contributed by atoms with E-state index in [0.717, 1.165) is 23.3 Å². The van der Waals surface area contributed by atoms with E-state index in [1.165, 1.54) is 17.3 Å². The standard InChI is InChI=1S/C34H43F3N4O7S/c1-24-20-27(25(2)43)7-6-26(24)8-19-49(45,46)41-13-9-33(10-14-41)32(44)39-31(40-33)28-21-29(34(35,36)37)23-30(22-28)48-17-5-3-4-16-47-18-12-38-11-15-42/h3-4,6-7,20-23,38,42H,5,8-19H2,1-2H3,(H,39,40,44)/b4-3+. The van der Waals surface area contributed by atoms with Crippen LogP contribution in [0.5, 0.6) is 5.75 Å². The maximum absolute atomic E-state index is 13.8. The van der Waals surface area contributed by atoms with Crippen molar-refractivity contribution < 1.29 is 45.8 Å². The molecule has 2 heterocycles. The van der Waals surface area contributed by atoms with Crippen LogP contribution in [-0.4, -0.2) is 99.3 Å². The van der Waals surface area contributed by atoms with Crippen LogP contribution in [0.2, 0.25) is 0 Å². The van der Waals surface area contributed by atoms with Gasteiger partial charge >= 0.3 is 6.18 Å². The highest BCUT2D eigenvalue weighted by Crippen LogP contribution is 2.36. The summed E-state index contributed by atoms with van der Waals surface area (Å²) >= 11 is 0. The number of carbonyl (C=O) groups is 2. The molecule has 2 aliphatic heterocycles. The zero-order valence-corrected chi connectivity index (χ0v) is 28.5. The predicted octanol–water partition coefficient (Wildman–Crippen LogP) is 3.42. The first-order chi connectivity index (χ1) is 23.2. The number of ether oxygens (including phenoxy) is 2. The molecule has 49 heavy (non-hydrogen) atoms. The Morgan fingerprint density at radius 1 is 1.12 bits per heavy atom. The molecular weight excluding hydrogens is 665 g/mol. The Labute approximate surface area is 284 Å². The van der Waals surface area contributed by atoms with Gasteiger partial charge in [0.1, 0.15) is 17.1 Å². The number of aryl methyl sites for hydroxylation is 2. The fourth-order valence-electron chi connectivity index (χ4n) is 5.60. The van der Waals surface area contributed by atoms with Gasteiger partial charge in [0.2, 0.25) is 10.0 Å². The molecule has 1 spiro atoms.